The monoisotopic (exact) mass is 632 g/mol. The second-order valence-corrected chi connectivity index (χ2v) is 21.0. The Morgan fingerprint density at radius 1 is 0.711 bits per heavy atom. The fourth-order valence-corrected chi connectivity index (χ4v) is 19.1. The number of rotatable bonds is 7. The van der Waals surface area contributed by atoms with Crippen molar-refractivity contribution in [1.82, 2.24) is 9.97 Å². The van der Waals surface area contributed by atoms with Crippen molar-refractivity contribution in [3.63, 3.8) is 0 Å². The van der Waals surface area contributed by atoms with Gasteiger partial charge in [0, 0.05) is 23.8 Å². The molecule has 8 saturated carbocycles. The Morgan fingerprint density at radius 3 is 1.64 bits per heavy atom. The Bertz CT molecular complexity index is 1480. The summed E-state index contributed by atoms with van der Waals surface area (Å²) in [6.07, 6.45) is 39.8. The number of allylic oxidation sites excluding steroid dienone is 10. The molecule has 2 aromatic rings. The van der Waals surface area contributed by atoms with Crippen LogP contribution in [0, 0.1) is 35.5 Å². The zero-order valence-electron chi connectivity index (χ0n) is 26.8. The van der Waals surface area contributed by atoms with Gasteiger partial charge in [-0.3, -0.25) is 0 Å². The van der Waals surface area contributed by atoms with Crippen LogP contribution in [-0.4, -0.2) is 26.4 Å². The summed E-state index contributed by atoms with van der Waals surface area (Å²) in [7, 11) is 3.24. The summed E-state index contributed by atoms with van der Waals surface area (Å²) in [5.41, 5.74) is 8.65. The van der Waals surface area contributed by atoms with Gasteiger partial charge in [0.2, 0.25) is 0 Å². The van der Waals surface area contributed by atoms with Gasteiger partial charge >= 0.3 is 0 Å². The highest BCUT2D eigenvalue weighted by molar-refractivity contribution is 7.61. The Balaban J connectivity index is 1.13. The number of aromatic nitrogens is 2. The van der Waals surface area contributed by atoms with Gasteiger partial charge in [-0.2, -0.15) is 0 Å². The van der Waals surface area contributed by atoms with Crippen LogP contribution in [-0.2, 0) is 5.16 Å². The summed E-state index contributed by atoms with van der Waals surface area (Å²) in [6, 6.07) is 8.98. The fraction of sp³-hybridized carbons (Fsp3) is 0.561. The minimum absolute atomic E-state index is 0.138. The van der Waals surface area contributed by atoms with Crippen molar-refractivity contribution in [2.75, 3.05) is 6.16 Å². The summed E-state index contributed by atoms with van der Waals surface area (Å²) in [5.74, 6) is 6.16. The first-order valence-electron chi connectivity index (χ1n) is 18.3. The lowest BCUT2D eigenvalue weighted by Gasteiger charge is -2.67. The zero-order valence-corrected chi connectivity index (χ0v) is 28.9. The summed E-state index contributed by atoms with van der Waals surface area (Å²) in [4.78, 5) is 7.37. The minimum atomic E-state index is -0.320. The molecule has 4 heteroatoms. The highest BCUT2D eigenvalue weighted by Gasteiger charge is 2.62. The molecule has 1 unspecified atom stereocenters. The molecule has 2 nitrogen and oxygen atoms in total. The van der Waals surface area contributed by atoms with Gasteiger partial charge in [0.15, 0.2) is 0 Å². The van der Waals surface area contributed by atoms with Crippen LogP contribution < -0.4 is 0 Å². The largest absolute Gasteiger partial charge is 0.364 e. The lowest BCUT2D eigenvalue weighted by atomic mass is 9.55. The van der Waals surface area contributed by atoms with Crippen LogP contribution in [0.2, 0.25) is 0 Å². The van der Waals surface area contributed by atoms with Gasteiger partial charge in [-0.25, -0.2) is 0 Å². The van der Waals surface area contributed by atoms with E-state index in [1.54, 1.807) is 82.6 Å². The van der Waals surface area contributed by atoms with Crippen LogP contribution in [0.15, 0.2) is 95.4 Å². The SMILES string of the molecule is PC(C1=CC(=C2C=CC=CC2)C=C1CP(C12CC3CC(CC(C3)C1)C2)C12CC3CC(CC(C3)C1)C2)(c1ccc[nH]1)c1ccc[nH]1. The predicted octanol–water partition coefficient (Wildman–Crippen LogP) is 10.6. The number of nitrogens with one attached hydrogen (secondary N) is 2. The van der Waals surface area contributed by atoms with E-state index in [0.29, 0.717) is 10.3 Å². The zero-order chi connectivity index (χ0) is 29.8. The van der Waals surface area contributed by atoms with E-state index in [2.05, 4.69) is 92.3 Å². The molecule has 45 heavy (non-hydrogen) atoms. The summed E-state index contributed by atoms with van der Waals surface area (Å²) in [5, 5.41) is 0.945. The van der Waals surface area contributed by atoms with Gasteiger partial charge in [0.05, 0.1) is 5.16 Å². The van der Waals surface area contributed by atoms with Gasteiger partial charge in [-0.05, 0) is 188 Å². The van der Waals surface area contributed by atoms with Crippen molar-refractivity contribution < 1.29 is 0 Å². The molecule has 12 rings (SSSR count). The average Bonchev–Trinajstić information content (AvgIpc) is 3.82. The molecule has 0 aromatic carbocycles. The molecule has 8 bridgehead atoms. The molecule has 2 N–H and O–H groups in total. The maximum atomic E-state index is 3.68. The van der Waals surface area contributed by atoms with Crippen LogP contribution in [0.5, 0.6) is 0 Å². The molecule has 8 fully saturated rings. The summed E-state index contributed by atoms with van der Waals surface area (Å²) in [6.45, 7) is 0. The molecule has 1 atom stereocenters. The van der Waals surface area contributed by atoms with Crippen molar-refractivity contribution >= 4 is 17.2 Å². The van der Waals surface area contributed by atoms with Crippen molar-refractivity contribution in [3.8, 4) is 0 Å². The second kappa shape index (κ2) is 10.3. The fourth-order valence-electron chi connectivity index (χ4n) is 13.4. The summed E-state index contributed by atoms with van der Waals surface area (Å²) < 4.78 is 0. The van der Waals surface area contributed by atoms with Gasteiger partial charge in [0.1, 0.15) is 0 Å². The third-order valence-electron chi connectivity index (χ3n) is 14.2. The molecular formula is C41H50N2P2. The molecule has 10 aliphatic rings. The highest BCUT2D eigenvalue weighted by atomic mass is 31.1. The molecule has 0 aliphatic heterocycles. The number of aromatic amines is 2. The molecule has 10 aliphatic carbocycles. The van der Waals surface area contributed by atoms with Crippen LogP contribution in [0.3, 0.4) is 0 Å². The number of H-pyrrole nitrogens is 2. The minimum Gasteiger partial charge on any atom is -0.364 e. The average molecular weight is 633 g/mol. The highest BCUT2D eigenvalue weighted by Crippen LogP contribution is 2.79. The Labute approximate surface area is 273 Å². The molecular weight excluding hydrogens is 582 g/mol. The van der Waals surface area contributed by atoms with Gasteiger partial charge in [-0.15, -0.1) is 9.24 Å². The first-order chi connectivity index (χ1) is 22.0. The third kappa shape index (κ3) is 4.40. The third-order valence-corrected chi connectivity index (χ3v) is 19.2. The van der Waals surface area contributed by atoms with E-state index in [9.17, 15) is 0 Å². The van der Waals surface area contributed by atoms with Crippen molar-refractivity contribution in [1.29, 1.82) is 0 Å². The van der Waals surface area contributed by atoms with Crippen LogP contribution in [0.25, 0.3) is 0 Å². The first kappa shape index (κ1) is 28.2. The lowest BCUT2D eigenvalue weighted by Crippen LogP contribution is -2.57. The van der Waals surface area contributed by atoms with E-state index in [0.717, 1.165) is 41.9 Å². The van der Waals surface area contributed by atoms with Crippen molar-refractivity contribution in [2.24, 2.45) is 35.5 Å². The molecule has 0 radical (unpaired) electrons. The normalized spacial score (nSPS) is 41.6. The second-order valence-electron chi connectivity index (χ2n) is 17.0. The predicted molar refractivity (Wildman–Crippen MR) is 192 cm³/mol. The quantitative estimate of drug-likeness (QED) is 0.285. The maximum Gasteiger partial charge on any atom is 0.0891 e. The molecule has 2 heterocycles. The van der Waals surface area contributed by atoms with E-state index in [-0.39, 0.29) is 13.1 Å². The Morgan fingerprint density at radius 2 is 1.22 bits per heavy atom. The van der Waals surface area contributed by atoms with Gasteiger partial charge in [0.25, 0.3) is 0 Å². The van der Waals surface area contributed by atoms with E-state index in [1.807, 2.05) is 0 Å². The maximum absolute atomic E-state index is 3.68. The van der Waals surface area contributed by atoms with Crippen LogP contribution >= 0.6 is 17.2 Å². The molecule has 0 saturated heterocycles. The number of hydrogen-bond acceptors (Lipinski definition) is 0. The van der Waals surface area contributed by atoms with Crippen LogP contribution in [0.1, 0.15) is 94.9 Å². The van der Waals surface area contributed by atoms with Crippen LogP contribution in [0.4, 0.5) is 0 Å². The smallest absolute Gasteiger partial charge is 0.0891 e. The molecule has 0 spiro atoms. The summed E-state index contributed by atoms with van der Waals surface area (Å²) >= 11 is 0. The molecule has 0 amide bonds. The van der Waals surface area contributed by atoms with E-state index < -0.39 is 0 Å². The lowest BCUT2D eigenvalue weighted by molar-refractivity contribution is 0.0187. The topological polar surface area (TPSA) is 31.6 Å². The standard InChI is InChI=1S/C41H50N2P2/c44-41(37-8-4-10-42-37,38-9-5-11-43-38)36-19-34(33-6-2-1-3-7-33)18-35(36)26-45(39-20-27-12-28(21-39)14-29(13-27)22-39)40-23-30-15-31(24-40)17-32(16-30)25-40/h1-6,8-11,18-19,27-32,42-43H,7,12-17,20-26,44H2. The van der Waals surface area contributed by atoms with E-state index >= 15 is 0 Å². The first-order valence-corrected chi connectivity index (χ1v) is 20.4. The Hall–Kier alpha value is -1.88. The molecule has 2 aromatic heterocycles. The number of hydrogen-bond donors (Lipinski definition) is 2. The van der Waals surface area contributed by atoms with Gasteiger partial charge in [-0.1, -0.05) is 38.3 Å². The van der Waals surface area contributed by atoms with E-state index in [1.165, 1.54) is 34.3 Å². The Kier molecular flexibility index (Phi) is 6.45. The molecule has 234 valence electrons. The van der Waals surface area contributed by atoms with Crippen molar-refractivity contribution in [2.45, 2.75) is 98.9 Å². The van der Waals surface area contributed by atoms with E-state index in [4.69, 9.17) is 0 Å². The van der Waals surface area contributed by atoms with Gasteiger partial charge < -0.3 is 9.97 Å². The van der Waals surface area contributed by atoms with Crippen molar-refractivity contribution in [3.05, 3.63) is 107 Å².